The minimum Gasteiger partial charge on any atom is -0.454 e. The summed E-state index contributed by atoms with van der Waals surface area (Å²) in [5.74, 6) is 0.615. The van der Waals surface area contributed by atoms with Crippen LogP contribution in [0.25, 0.3) is 125 Å². The first-order valence-corrected chi connectivity index (χ1v) is 19.9. The van der Waals surface area contributed by atoms with E-state index in [0.717, 1.165) is 65.8 Å². The highest BCUT2D eigenvalue weighted by Gasteiger charge is 2.20. The summed E-state index contributed by atoms with van der Waals surface area (Å²) in [7, 11) is 0. The number of para-hydroxylation sites is 2. The molecule has 0 saturated heterocycles. The molecule has 13 aromatic rings. The maximum absolute atomic E-state index is 6.65. The van der Waals surface area contributed by atoms with Gasteiger partial charge in [0, 0.05) is 63.7 Å². The summed E-state index contributed by atoms with van der Waals surface area (Å²) in [6, 6.07) is 60.4. The second-order valence-electron chi connectivity index (χ2n) is 14.8. The topological polar surface area (TPSA) is 56.7 Å². The number of benzene rings is 8. The molecule has 5 nitrogen and oxygen atoms in total. The van der Waals surface area contributed by atoms with Gasteiger partial charge < -0.3 is 8.98 Å². The molecule has 0 spiro atoms. The van der Waals surface area contributed by atoms with Crippen molar-refractivity contribution in [1.82, 2.24) is 19.5 Å². The molecule has 5 aromatic heterocycles. The van der Waals surface area contributed by atoms with Crippen molar-refractivity contribution in [3.8, 4) is 17.1 Å². The van der Waals surface area contributed by atoms with Crippen molar-refractivity contribution < 1.29 is 4.42 Å². The molecule has 5 heterocycles. The van der Waals surface area contributed by atoms with E-state index in [0.29, 0.717) is 17.1 Å². The van der Waals surface area contributed by atoms with Crippen LogP contribution in [0.1, 0.15) is 0 Å². The molecule has 0 aliphatic heterocycles. The summed E-state index contributed by atoms with van der Waals surface area (Å²) >= 11 is 1.81. The zero-order valence-electron chi connectivity index (χ0n) is 30.3. The Morgan fingerprint density at radius 1 is 0.439 bits per heavy atom. The first kappa shape index (κ1) is 30.9. The summed E-state index contributed by atoms with van der Waals surface area (Å²) in [6.45, 7) is 0. The lowest BCUT2D eigenvalue weighted by Gasteiger charge is -2.10. The van der Waals surface area contributed by atoms with Crippen molar-refractivity contribution in [3.05, 3.63) is 170 Å². The largest absolute Gasteiger partial charge is 0.454 e. The van der Waals surface area contributed by atoms with Crippen molar-refractivity contribution in [2.45, 2.75) is 0 Å². The number of furan rings is 1. The summed E-state index contributed by atoms with van der Waals surface area (Å²) < 4.78 is 11.4. The smallest absolute Gasteiger partial charge is 0.164 e. The van der Waals surface area contributed by atoms with Crippen molar-refractivity contribution >= 4 is 119 Å². The maximum atomic E-state index is 6.65. The van der Waals surface area contributed by atoms with Crippen LogP contribution in [-0.2, 0) is 0 Å². The monoisotopic (exact) mass is 744 g/mol. The zero-order chi connectivity index (χ0) is 37.2. The third-order valence-corrected chi connectivity index (χ3v) is 12.7. The van der Waals surface area contributed by atoms with Gasteiger partial charge >= 0.3 is 0 Å². The van der Waals surface area contributed by atoms with Gasteiger partial charge in [-0.3, -0.25) is 0 Å². The fourth-order valence-electron chi connectivity index (χ4n) is 9.03. The second-order valence-corrected chi connectivity index (χ2v) is 15.8. The van der Waals surface area contributed by atoms with Crippen LogP contribution >= 0.6 is 11.3 Å². The Labute approximate surface area is 328 Å². The molecule has 264 valence electrons. The molecule has 6 heteroatoms. The van der Waals surface area contributed by atoms with Crippen molar-refractivity contribution in [2.75, 3.05) is 0 Å². The van der Waals surface area contributed by atoms with E-state index in [-0.39, 0.29) is 0 Å². The van der Waals surface area contributed by atoms with Gasteiger partial charge in [0.2, 0.25) is 0 Å². The van der Waals surface area contributed by atoms with Gasteiger partial charge in [0.05, 0.1) is 11.0 Å². The first-order valence-electron chi connectivity index (χ1n) is 19.1. The molecule has 0 unspecified atom stereocenters. The number of hydrogen-bond acceptors (Lipinski definition) is 5. The first-order chi connectivity index (χ1) is 28.2. The van der Waals surface area contributed by atoms with Crippen LogP contribution < -0.4 is 0 Å². The molecule has 0 atom stereocenters. The average Bonchev–Trinajstić information content (AvgIpc) is 3.95. The number of thiophene rings is 1. The van der Waals surface area contributed by atoms with Gasteiger partial charge in [0.1, 0.15) is 5.58 Å². The molecular formula is C51H28N4OS. The Hall–Kier alpha value is -7.41. The molecule has 0 fully saturated rings. The van der Waals surface area contributed by atoms with Gasteiger partial charge in [-0.2, -0.15) is 0 Å². The predicted molar refractivity (Wildman–Crippen MR) is 239 cm³/mol. The normalized spacial score (nSPS) is 12.2. The second kappa shape index (κ2) is 11.6. The Bertz CT molecular complexity index is 3890. The van der Waals surface area contributed by atoms with Crippen LogP contribution in [0.3, 0.4) is 0 Å². The van der Waals surface area contributed by atoms with Crippen LogP contribution in [0.2, 0.25) is 0 Å². The highest BCUT2D eigenvalue weighted by atomic mass is 32.1. The van der Waals surface area contributed by atoms with Crippen LogP contribution in [0, 0.1) is 0 Å². The molecule has 57 heavy (non-hydrogen) atoms. The summed E-state index contributed by atoms with van der Waals surface area (Å²) in [4.78, 5) is 15.8. The Morgan fingerprint density at radius 2 is 1.16 bits per heavy atom. The standard InChI is InChI=1S/C51H28N4OS/c1-2-15-35-30-22-25-44-41(28-30)46-40(18-9-21-45(46)57-44)51-53-49(31-11-7-10-29(26-31)34(35)14-1)52-50(54-51)32-12-8-13-33(27-32)55-42-19-5-3-16-36(42)38-23-24-39-37-17-4-6-20-43(37)56-48(39)47(38)55/h1-28H. The van der Waals surface area contributed by atoms with Crippen LogP contribution in [0.15, 0.2) is 174 Å². The molecule has 6 bridgehead atoms. The number of hydrogen-bond donors (Lipinski definition) is 0. The quantitative estimate of drug-likeness (QED) is 0.177. The summed E-state index contributed by atoms with van der Waals surface area (Å²) in [5, 5.41) is 13.5. The highest BCUT2D eigenvalue weighted by Crippen LogP contribution is 2.42. The van der Waals surface area contributed by atoms with Crippen LogP contribution in [0.4, 0.5) is 0 Å². The van der Waals surface area contributed by atoms with Gasteiger partial charge in [-0.05, 0) is 76.1 Å². The van der Waals surface area contributed by atoms with E-state index in [1.165, 1.54) is 41.7 Å². The summed E-state index contributed by atoms with van der Waals surface area (Å²) in [5.41, 5.74) is 7.08. The van der Waals surface area contributed by atoms with Crippen molar-refractivity contribution in [3.63, 3.8) is 0 Å². The van der Waals surface area contributed by atoms with Gasteiger partial charge in [-0.1, -0.05) is 115 Å². The minimum atomic E-state index is 0.615. The third kappa shape index (κ3) is 4.47. The van der Waals surface area contributed by atoms with E-state index in [1.807, 2.05) is 23.5 Å². The predicted octanol–water partition coefficient (Wildman–Crippen LogP) is 14.1. The van der Waals surface area contributed by atoms with Crippen molar-refractivity contribution in [1.29, 1.82) is 0 Å². The molecular weight excluding hydrogens is 717 g/mol. The maximum Gasteiger partial charge on any atom is 0.164 e. The molecule has 8 aromatic carbocycles. The number of aromatic nitrogens is 4. The third-order valence-electron chi connectivity index (χ3n) is 11.6. The Kier molecular flexibility index (Phi) is 6.26. The van der Waals surface area contributed by atoms with Gasteiger partial charge in [-0.25, -0.2) is 15.0 Å². The van der Waals surface area contributed by atoms with Crippen molar-refractivity contribution in [2.24, 2.45) is 0 Å². The number of nitrogens with zero attached hydrogens (tertiary/aromatic N) is 4. The zero-order valence-corrected chi connectivity index (χ0v) is 31.1. The van der Waals surface area contributed by atoms with E-state index in [9.17, 15) is 0 Å². The van der Waals surface area contributed by atoms with Gasteiger partial charge in [-0.15, -0.1) is 11.3 Å². The Morgan fingerprint density at radius 3 is 2.07 bits per heavy atom. The lowest BCUT2D eigenvalue weighted by Crippen LogP contribution is -1.97. The number of rotatable bonds is 2. The van der Waals surface area contributed by atoms with E-state index >= 15 is 0 Å². The molecule has 0 aliphatic carbocycles. The SMILES string of the molecule is c1cc(-c2nc3nc(n2)c2cccc4sc5ccc(cc5c42)c2ccccc2c2cccc3c2)cc(-n2c3ccccc3c3ccc4c5ccccc5oc4c32)c1. The molecule has 0 aliphatic rings. The van der Waals surface area contributed by atoms with E-state index in [4.69, 9.17) is 19.4 Å². The van der Waals surface area contributed by atoms with Crippen LogP contribution in [0.5, 0.6) is 0 Å². The molecule has 0 N–H and O–H groups in total. The molecule has 13 rings (SSSR count). The lowest BCUT2D eigenvalue weighted by molar-refractivity contribution is 0.671. The lowest BCUT2D eigenvalue weighted by atomic mass is 10.0. The average molecular weight is 745 g/mol. The van der Waals surface area contributed by atoms with E-state index in [1.54, 1.807) is 0 Å². The van der Waals surface area contributed by atoms with E-state index in [2.05, 4.69) is 162 Å². The van der Waals surface area contributed by atoms with E-state index < -0.39 is 0 Å². The summed E-state index contributed by atoms with van der Waals surface area (Å²) in [6.07, 6.45) is 0. The molecule has 0 amide bonds. The Balaban J connectivity index is 1.14. The fraction of sp³-hybridized carbons (Fsp3) is 0. The van der Waals surface area contributed by atoms with Gasteiger partial charge in [0.15, 0.2) is 22.7 Å². The number of fused-ring (bicyclic) bond motifs is 17. The molecule has 0 radical (unpaired) electrons. The fourth-order valence-corrected chi connectivity index (χ4v) is 10.1. The van der Waals surface area contributed by atoms with Crippen LogP contribution in [-0.4, -0.2) is 19.5 Å². The molecule has 0 saturated carbocycles. The van der Waals surface area contributed by atoms with Gasteiger partial charge in [0.25, 0.3) is 0 Å². The highest BCUT2D eigenvalue weighted by molar-refractivity contribution is 7.26. The minimum absolute atomic E-state index is 0.615.